The van der Waals surface area contributed by atoms with E-state index in [0.717, 1.165) is 16.2 Å². The Bertz CT molecular complexity index is 726. The van der Waals surface area contributed by atoms with Gasteiger partial charge in [-0.3, -0.25) is 4.72 Å². The van der Waals surface area contributed by atoms with Crippen molar-refractivity contribution in [2.24, 2.45) is 5.73 Å². The second kappa shape index (κ2) is 6.33. The van der Waals surface area contributed by atoms with Gasteiger partial charge in [-0.15, -0.1) is 11.3 Å². The maximum Gasteiger partial charge on any atom is 0.271 e. The molecule has 1 aromatic heterocycles. The summed E-state index contributed by atoms with van der Waals surface area (Å²) in [7, 11) is -0.626. The molecule has 1 heterocycles. The van der Waals surface area contributed by atoms with Crippen LogP contribution in [0.25, 0.3) is 0 Å². The number of sulfonamides is 1. The summed E-state index contributed by atoms with van der Waals surface area (Å²) in [6.07, 6.45) is 0. The summed E-state index contributed by atoms with van der Waals surface area (Å²) in [4.78, 5) is 0.808. The molecule has 6 nitrogen and oxygen atoms in total. The van der Waals surface area contributed by atoms with Crippen LogP contribution < -0.4 is 19.9 Å². The molecule has 8 heteroatoms. The summed E-state index contributed by atoms with van der Waals surface area (Å²) in [6.45, 7) is 0.316. The number of hydrogen-bond donors (Lipinski definition) is 2. The number of benzene rings is 1. The van der Waals surface area contributed by atoms with Gasteiger partial charge in [0.1, 0.15) is 4.21 Å². The third-order valence-electron chi connectivity index (χ3n) is 2.74. The summed E-state index contributed by atoms with van der Waals surface area (Å²) >= 11 is 1.15. The molecule has 0 spiro atoms. The van der Waals surface area contributed by atoms with Crippen molar-refractivity contribution in [2.75, 3.05) is 18.9 Å². The van der Waals surface area contributed by atoms with Crippen LogP contribution in [-0.2, 0) is 16.6 Å². The average Bonchev–Trinajstić information content (AvgIpc) is 2.96. The van der Waals surface area contributed by atoms with Crippen molar-refractivity contribution in [1.82, 2.24) is 0 Å². The maximum atomic E-state index is 12.3. The van der Waals surface area contributed by atoms with E-state index < -0.39 is 10.0 Å². The third-order valence-corrected chi connectivity index (χ3v) is 5.72. The van der Waals surface area contributed by atoms with Gasteiger partial charge in [-0.25, -0.2) is 8.42 Å². The fourth-order valence-corrected chi connectivity index (χ4v) is 4.00. The zero-order valence-corrected chi connectivity index (χ0v) is 13.3. The van der Waals surface area contributed by atoms with Crippen LogP contribution >= 0.6 is 11.3 Å². The van der Waals surface area contributed by atoms with E-state index in [1.807, 2.05) is 0 Å². The molecule has 0 saturated carbocycles. The Labute approximate surface area is 127 Å². The number of hydrogen-bond acceptors (Lipinski definition) is 6. The average molecular weight is 328 g/mol. The first kappa shape index (κ1) is 15.6. The van der Waals surface area contributed by atoms with Crippen LogP contribution in [0.2, 0.25) is 0 Å². The first-order valence-electron chi connectivity index (χ1n) is 6.04. The highest BCUT2D eigenvalue weighted by atomic mass is 32.2. The first-order chi connectivity index (χ1) is 10.00. The topological polar surface area (TPSA) is 90.7 Å². The number of rotatable bonds is 6. The molecule has 0 aliphatic carbocycles. The molecular formula is C13H16N2O4S2. The summed E-state index contributed by atoms with van der Waals surface area (Å²) < 4.78 is 37.5. The second-order valence-corrected chi connectivity index (χ2v) is 7.18. The summed E-state index contributed by atoms with van der Waals surface area (Å²) in [5, 5.41) is 0. The van der Waals surface area contributed by atoms with Crippen LogP contribution in [-0.4, -0.2) is 22.6 Å². The van der Waals surface area contributed by atoms with E-state index >= 15 is 0 Å². The minimum Gasteiger partial charge on any atom is -0.493 e. The Morgan fingerprint density at radius 2 is 1.86 bits per heavy atom. The van der Waals surface area contributed by atoms with Gasteiger partial charge >= 0.3 is 0 Å². The Hall–Kier alpha value is -1.77. The van der Waals surface area contributed by atoms with Crippen LogP contribution in [0.4, 0.5) is 5.69 Å². The molecule has 0 aliphatic rings. The lowest BCUT2D eigenvalue weighted by Gasteiger charge is -2.11. The molecule has 2 aromatic rings. The molecule has 21 heavy (non-hydrogen) atoms. The van der Waals surface area contributed by atoms with Crippen molar-refractivity contribution in [3.8, 4) is 11.5 Å². The lowest BCUT2D eigenvalue weighted by atomic mass is 10.3. The van der Waals surface area contributed by atoms with E-state index in [0.29, 0.717) is 23.7 Å². The second-order valence-electron chi connectivity index (χ2n) is 4.10. The van der Waals surface area contributed by atoms with Gasteiger partial charge in [0, 0.05) is 17.5 Å². The smallest absolute Gasteiger partial charge is 0.271 e. The zero-order valence-electron chi connectivity index (χ0n) is 11.6. The molecule has 0 atom stereocenters. The number of methoxy groups -OCH3 is 2. The van der Waals surface area contributed by atoms with Gasteiger partial charge in [0.25, 0.3) is 10.0 Å². The van der Waals surface area contributed by atoms with E-state index in [1.165, 1.54) is 20.3 Å². The van der Waals surface area contributed by atoms with Crippen molar-refractivity contribution in [3.05, 3.63) is 35.2 Å². The Morgan fingerprint density at radius 3 is 2.43 bits per heavy atom. The summed E-state index contributed by atoms with van der Waals surface area (Å²) in [6, 6.07) is 8.05. The molecule has 0 amide bonds. The Balaban J connectivity index is 2.28. The lowest BCUT2D eigenvalue weighted by molar-refractivity contribution is 0.355. The highest BCUT2D eigenvalue weighted by Crippen LogP contribution is 2.31. The SMILES string of the molecule is COc1ccc(NS(=O)(=O)c2ccc(CN)s2)cc1OC. The fourth-order valence-electron chi connectivity index (χ4n) is 1.72. The Morgan fingerprint density at radius 1 is 1.14 bits per heavy atom. The van der Waals surface area contributed by atoms with Gasteiger partial charge in [-0.1, -0.05) is 0 Å². The van der Waals surface area contributed by atoms with E-state index in [4.69, 9.17) is 15.2 Å². The minimum absolute atomic E-state index is 0.220. The quantitative estimate of drug-likeness (QED) is 0.846. The van der Waals surface area contributed by atoms with Crippen LogP contribution in [0.1, 0.15) is 4.88 Å². The molecule has 2 rings (SSSR count). The highest BCUT2D eigenvalue weighted by molar-refractivity contribution is 7.94. The summed E-state index contributed by atoms with van der Waals surface area (Å²) in [5.74, 6) is 0.980. The van der Waals surface area contributed by atoms with Gasteiger partial charge in [-0.05, 0) is 24.3 Å². The zero-order chi connectivity index (χ0) is 15.5. The van der Waals surface area contributed by atoms with Crippen LogP contribution in [0.3, 0.4) is 0 Å². The highest BCUT2D eigenvalue weighted by Gasteiger charge is 2.17. The number of anilines is 1. The molecule has 3 N–H and O–H groups in total. The predicted octanol–water partition coefficient (Wildman–Crippen LogP) is 2.02. The molecule has 0 fully saturated rings. The third kappa shape index (κ3) is 3.46. The molecule has 1 aromatic carbocycles. The van der Waals surface area contributed by atoms with Crippen LogP contribution in [0, 0.1) is 0 Å². The monoisotopic (exact) mass is 328 g/mol. The molecule has 0 aliphatic heterocycles. The largest absolute Gasteiger partial charge is 0.493 e. The van der Waals surface area contributed by atoms with Gasteiger partial charge in [-0.2, -0.15) is 0 Å². The summed E-state index contributed by atoms with van der Waals surface area (Å²) in [5.41, 5.74) is 5.89. The van der Waals surface area contributed by atoms with Crippen molar-refractivity contribution < 1.29 is 17.9 Å². The molecular weight excluding hydrogens is 312 g/mol. The van der Waals surface area contributed by atoms with Gasteiger partial charge in [0.15, 0.2) is 11.5 Å². The van der Waals surface area contributed by atoms with Gasteiger partial charge in [0.05, 0.1) is 19.9 Å². The standard InChI is InChI=1S/C13H16N2O4S2/c1-18-11-5-3-9(7-12(11)19-2)15-21(16,17)13-6-4-10(8-14)20-13/h3-7,15H,8,14H2,1-2H3. The maximum absolute atomic E-state index is 12.3. The molecule has 114 valence electrons. The van der Waals surface area contributed by atoms with Gasteiger partial charge in [0.2, 0.25) is 0 Å². The van der Waals surface area contributed by atoms with E-state index in [1.54, 1.807) is 24.3 Å². The van der Waals surface area contributed by atoms with Crippen molar-refractivity contribution in [3.63, 3.8) is 0 Å². The van der Waals surface area contributed by atoms with Crippen molar-refractivity contribution in [1.29, 1.82) is 0 Å². The molecule has 0 unspecified atom stereocenters. The van der Waals surface area contributed by atoms with Gasteiger partial charge < -0.3 is 15.2 Å². The van der Waals surface area contributed by atoms with E-state index in [9.17, 15) is 8.42 Å². The van der Waals surface area contributed by atoms with Crippen LogP contribution in [0.5, 0.6) is 11.5 Å². The predicted molar refractivity (Wildman–Crippen MR) is 82.6 cm³/mol. The van der Waals surface area contributed by atoms with Crippen molar-refractivity contribution in [2.45, 2.75) is 10.8 Å². The van der Waals surface area contributed by atoms with Crippen LogP contribution in [0.15, 0.2) is 34.5 Å². The van der Waals surface area contributed by atoms with E-state index in [2.05, 4.69) is 4.72 Å². The fraction of sp³-hybridized carbons (Fsp3) is 0.231. The molecule has 0 bridgehead atoms. The normalized spacial score (nSPS) is 11.2. The first-order valence-corrected chi connectivity index (χ1v) is 8.33. The molecule has 0 radical (unpaired) electrons. The number of nitrogens with two attached hydrogens (primary N) is 1. The molecule has 0 saturated heterocycles. The minimum atomic E-state index is -3.63. The number of nitrogens with one attached hydrogen (secondary N) is 1. The Kier molecular flexibility index (Phi) is 4.71. The lowest BCUT2D eigenvalue weighted by Crippen LogP contribution is -2.11. The van der Waals surface area contributed by atoms with E-state index in [-0.39, 0.29) is 4.21 Å². The van der Waals surface area contributed by atoms with Crippen molar-refractivity contribution >= 4 is 27.0 Å². The number of ether oxygens (including phenoxy) is 2. The number of thiophene rings is 1.